The first kappa shape index (κ1) is 13.2. The number of thioether (sulfide) groups is 1. The van der Waals surface area contributed by atoms with Crippen LogP contribution in [0.4, 0.5) is 4.39 Å². The molecule has 0 bridgehead atoms. The average Bonchev–Trinajstić information content (AvgIpc) is 2.78. The molecule has 1 aliphatic heterocycles. The third-order valence-corrected chi connectivity index (χ3v) is 4.83. The molecule has 1 aliphatic rings. The number of benzene rings is 1. The molecule has 1 aromatic carbocycles. The van der Waals surface area contributed by atoms with Gasteiger partial charge in [0, 0.05) is 22.9 Å². The van der Waals surface area contributed by atoms with Crippen molar-refractivity contribution in [1.82, 2.24) is 5.32 Å². The van der Waals surface area contributed by atoms with Crippen molar-refractivity contribution in [3.8, 4) is 0 Å². The molecule has 4 heteroatoms. The summed E-state index contributed by atoms with van der Waals surface area (Å²) in [6, 6.07) is 4.77. The minimum Gasteiger partial charge on any atom is -0.309 e. The maximum absolute atomic E-state index is 12.9. The molecule has 0 spiro atoms. The van der Waals surface area contributed by atoms with Gasteiger partial charge in [0.05, 0.1) is 0 Å². The maximum atomic E-state index is 12.9. The van der Waals surface area contributed by atoms with Gasteiger partial charge in [-0.25, -0.2) is 4.39 Å². The molecule has 1 fully saturated rings. The lowest BCUT2D eigenvalue weighted by Crippen LogP contribution is -2.26. The first-order chi connectivity index (χ1) is 8.16. The third kappa shape index (κ3) is 3.60. The Hall–Kier alpha value is -0.250. The zero-order chi connectivity index (χ0) is 12.3. The van der Waals surface area contributed by atoms with Crippen molar-refractivity contribution >= 4 is 23.4 Å². The highest BCUT2D eigenvalue weighted by Crippen LogP contribution is 2.27. The van der Waals surface area contributed by atoms with Crippen LogP contribution in [0.1, 0.15) is 31.4 Å². The molecule has 2 unspecified atom stereocenters. The molecule has 1 heterocycles. The Bertz CT molecular complexity index is 380. The van der Waals surface area contributed by atoms with Gasteiger partial charge in [0.25, 0.3) is 0 Å². The van der Waals surface area contributed by atoms with E-state index in [9.17, 15) is 4.39 Å². The van der Waals surface area contributed by atoms with Crippen molar-refractivity contribution in [3.05, 3.63) is 34.6 Å². The van der Waals surface area contributed by atoms with Crippen molar-refractivity contribution in [3.63, 3.8) is 0 Å². The van der Waals surface area contributed by atoms with Crippen LogP contribution >= 0.6 is 23.4 Å². The number of hydrogen-bond donors (Lipinski definition) is 1. The minimum atomic E-state index is -0.280. The van der Waals surface area contributed by atoms with Gasteiger partial charge in [-0.3, -0.25) is 0 Å². The lowest BCUT2D eigenvalue weighted by Gasteiger charge is -2.18. The quantitative estimate of drug-likeness (QED) is 0.889. The molecule has 94 valence electrons. The van der Waals surface area contributed by atoms with Crippen LogP contribution in [0.15, 0.2) is 18.2 Å². The van der Waals surface area contributed by atoms with Crippen LogP contribution in [-0.2, 0) is 0 Å². The van der Waals surface area contributed by atoms with E-state index >= 15 is 0 Å². The van der Waals surface area contributed by atoms with Crippen LogP contribution in [0, 0.1) is 5.82 Å². The lowest BCUT2D eigenvalue weighted by atomic mass is 10.1. The van der Waals surface area contributed by atoms with Gasteiger partial charge in [0.1, 0.15) is 5.82 Å². The summed E-state index contributed by atoms with van der Waals surface area (Å²) in [5.74, 6) is 0.996. The molecule has 0 aromatic heterocycles. The van der Waals surface area contributed by atoms with E-state index in [2.05, 4.69) is 12.2 Å². The SMILES string of the molecule is CC(NCC1CCCS1)c1ccc(F)cc1Cl. The van der Waals surface area contributed by atoms with E-state index in [1.54, 1.807) is 6.07 Å². The van der Waals surface area contributed by atoms with Crippen LogP contribution in [0.2, 0.25) is 5.02 Å². The van der Waals surface area contributed by atoms with Gasteiger partial charge in [-0.2, -0.15) is 11.8 Å². The summed E-state index contributed by atoms with van der Waals surface area (Å²) in [5.41, 5.74) is 0.969. The van der Waals surface area contributed by atoms with Gasteiger partial charge < -0.3 is 5.32 Å². The topological polar surface area (TPSA) is 12.0 Å². The largest absolute Gasteiger partial charge is 0.309 e. The third-order valence-electron chi connectivity index (χ3n) is 3.10. The molecular formula is C13H17ClFNS. The fourth-order valence-electron chi connectivity index (χ4n) is 2.08. The number of hydrogen-bond acceptors (Lipinski definition) is 2. The Morgan fingerprint density at radius 2 is 2.41 bits per heavy atom. The second-order valence-corrected chi connectivity index (χ2v) is 6.25. The molecule has 0 radical (unpaired) electrons. The first-order valence-electron chi connectivity index (χ1n) is 5.97. The van der Waals surface area contributed by atoms with Gasteiger partial charge in [-0.15, -0.1) is 0 Å². The van der Waals surface area contributed by atoms with Crippen LogP contribution < -0.4 is 5.32 Å². The molecule has 0 saturated carbocycles. The van der Waals surface area contributed by atoms with Gasteiger partial charge in [0.2, 0.25) is 0 Å². The van der Waals surface area contributed by atoms with Crippen LogP contribution in [0.3, 0.4) is 0 Å². The summed E-state index contributed by atoms with van der Waals surface area (Å²) >= 11 is 8.07. The highest BCUT2D eigenvalue weighted by Gasteiger charge is 2.17. The van der Waals surface area contributed by atoms with E-state index in [0.717, 1.165) is 17.4 Å². The molecule has 1 nitrogen and oxygen atoms in total. The van der Waals surface area contributed by atoms with Crippen molar-refractivity contribution in [2.45, 2.75) is 31.1 Å². The van der Waals surface area contributed by atoms with Gasteiger partial charge >= 0.3 is 0 Å². The molecule has 1 aromatic rings. The number of rotatable bonds is 4. The maximum Gasteiger partial charge on any atom is 0.124 e. The fourth-order valence-corrected chi connectivity index (χ4v) is 3.62. The van der Waals surface area contributed by atoms with Gasteiger partial charge in [-0.05, 0) is 43.2 Å². The van der Waals surface area contributed by atoms with E-state index < -0.39 is 0 Å². The van der Waals surface area contributed by atoms with Crippen molar-refractivity contribution in [2.75, 3.05) is 12.3 Å². The summed E-state index contributed by atoms with van der Waals surface area (Å²) in [6.07, 6.45) is 2.62. The summed E-state index contributed by atoms with van der Waals surface area (Å²) in [7, 11) is 0. The lowest BCUT2D eigenvalue weighted by molar-refractivity contribution is 0.557. The fraction of sp³-hybridized carbons (Fsp3) is 0.538. The van der Waals surface area contributed by atoms with E-state index in [1.807, 2.05) is 11.8 Å². The normalized spacial score (nSPS) is 21.7. The van der Waals surface area contributed by atoms with Crippen molar-refractivity contribution < 1.29 is 4.39 Å². The molecule has 0 amide bonds. The molecule has 1 saturated heterocycles. The Labute approximate surface area is 111 Å². The van der Waals surface area contributed by atoms with Crippen molar-refractivity contribution in [2.24, 2.45) is 0 Å². The highest BCUT2D eigenvalue weighted by atomic mass is 35.5. The molecule has 2 atom stereocenters. The molecule has 0 aliphatic carbocycles. The first-order valence-corrected chi connectivity index (χ1v) is 7.39. The Kier molecular flexibility index (Phi) is 4.71. The monoisotopic (exact) mass is 273 g/mol. The number of nitrogens with one attached hydrogen (secondary N) is 1. The van der Waals surface area contributed by atoms with E-state index in [4.69, 9.17) is 11.6 Å². The molecule has 2 rings (SSSR count). The molecule has 1 N–H and O–H groups in total. The predicted molar refractivity (Wildman–Crippen MR) is 73.3 cm³/mol. The van der Waals surface area contributed by atoms with E-state index in [1.165, 1.54) is 30.7 Å². The zero-order valence-corrected chi connectivity index (χ0v) is 11.5. The standard InChI is InChI=1S/C13H17ClFNS/c1-9(16-8-11-3-2-6-17-11)12-5-4-10(15)7-13(12)14/h4-5,7,9,11,16H,2-3,6,8H2,1H3. The second kappa shape index (κ2) is 6.07. The summed E-state index contributed by atoms with van der Waals surface area (Å²) in [4.78, 5) is 0. The Morgan fingerprint density at radius 3 is 3.06 bits per heavy atom. The average molecular weight is 274 g/mol. The minimum absolute atomic E-state index is 0.171. The summed E-state index contributed by atoms with van der Waals surface area (Å²) in [6.45, 7) is 3.07. The van der Waals surface area contributed by atoms with Gasteiger partial charge in [-0.1, -0.05) is 17.7 Å². The Morgan fingerprint density at radius 1 is 1.59 bits per heavy atom. The summed E-state index contributed by atoms with van der Waals surface area (Å²) in [5, 5.41) is 4.70. The smallest absolute Gasteiger partial charge is 0.124 e. The zero-order valence-electron chi connectivity index (χ0n) is 9.88. The van der Waals surface area contributed by atoms with Crippen molar-refractivity contribution in [1.29, 1.82) is 0 Å². The number of halogens is 2. The summed E-state index contributed by atoms with van der Waals surface area (Å²) < 4.78 is 12.9. The predicted octanol–water partition coefficient (Wildman–Crippen LogP) is 4.03. The Balaban J connectivity index is 1.91. The van der Waals surface area contributed by atoms with Crippen LogP contribution in [0.5, 0.6) is 0 Å². The van der Waals surface area contributed by atoms with Gasteiger partial charge in [0.15, 0.2) is 0 Å². The second-order valence-electron chi connectivity index (χ2n) is 4.43. The van der Waals surface area contributed by atoms with Crippen LogP contribution in [-0.4, -0.2) is 17.5 Å². The highest BCUT2D eigenvalue weighted by molar-refractivity contribution is 8.00. The van der Waals surface area contributed by atoms with E-state index in [0.29, 0.717) is 5.02 Å². The van der Waals surface area contributed by atoms with Crippen LogP contribution in [0.25, 0.3) is 0 Å². The molecular weight excluding hydrogens is 257 g/mol. The molecule has 17 heavy (non-hydrogen) atoms. The van der Waals surface area contributed by atoms with E-state index in [-0.39, 0.29) is 11.9 Å².